The number of alkyl halides is 2. The molecule has 2 N–H and O–H groups in total. The van der Waals surface area contributed by atoms with Gasteiger partial charge < -0.3 is 20.1 Å². The Morgan fingerprint density at radius 3 is 2.78 bits per heavy atom. The molecular formula is C20H17BrF2N6O3. The van der Waals surface area contributed by atoms with E-state index in [1.807, 2.05) is 0 Å². The van der Waals surface area contributed by atoms with Crippen LogP contribution in [0.3, 0.4) is 0 Å². The number of nitrogens with one attached hydrogen (secondary N) is 2. The number of tetrazole rings is 1. The second-order valence-electron chi connectivity index (χ2n) is 6.73. The number of anilines is 2. The Morgan fingerprint density at radius 1 is 1.25 bits per heavy atom. The van der Waals surface area contributed by atoms with E-state index in [4.69, 9.17) is 9.47 Å². The number of benzene rings is 2. The van der Waals surface area contributed by atoms with Crippen molar-refractivity contribution in [3.8, 4) is 11.5 Å². The van der Waals surface area contributed by atoms with E-state index >= 15 is 0 Å². The molecule has 2 aromatic carbocycles. The number of rotatable bonds is 6. The van der Waals surface area contributed by atoms with Crippen LogP contribution in [0.25, 0.3) is 0 Å². The Balaban J connectivity index is 1.83. The molecule has 1 aromatic heterocycles. The Kier molecular flexibility index (Phi) is 6.04. The van der Waals surface area contributed by atoms with E-state index in [1.54, 1.807) is 43.3 Å². The minimum absolute atomic E-state index is 0.105. The van der Waals surface area contributed by atoms with Gasteiger partial charge in [0.25, 0.3) is 5.91 Å². The molecule has 32 heavy (non-hydrogen) atoms. The Morgan fingerprint density at radius 2 is 2.03 bits per heavy atom. The van der Waals surface area contributed by atoms with Crippen LogP contribution in [0.5, 0.6) is 11.5 Å². The SMILES string of the molecule is COc1ccccc1NC(=O)C1=C(C)Nc2nnnn2[C@@H]1c1cc(Br)ccc1OC(F)F. The van der Waals surface area contributed by atoms with Crippen molar-refractivity contribution in [2.75, 3.05) is 17.7 Å². The average Bonchev–Trinajstić information content (AvgIpc) is 3.22. The number of amides is 1. The number of para-hydroxylation sites is 2. The van der Waals surface area contributed by atoms with Gasteiger partial charge in [0, 0.05) is 15.7 Å². The standard InChI is InChI=1S/C20H17BrF2N6O3/c1-10-16(18(30)25-13-5-3-4-6-15(13)31-2)17(29-20(24-10)26-27-28-29)12-9-11(21)7-8-14(12)32-19(22)23/h3-9,17,19H,1-2H3,(H,25,30)(H,24,26,28)/t17-/m1/s1. The largest absolute Gasteiger partial charge is 0.495 e. The van der Waals surface area contributed by atoms with E-state index in [-0.39, 0.29) is 22.8 Å². The lowest BCUT2D eigenvalue weighted by Crippen LogP contribution is -2.32. The molecule has 1 aliphatic heterocycles. The Bertz CT molecular complexity index is 1200. The summed E-state index contributed by atoms with van der Waals surface area (Å²) in [4.78, 5) is 13.4. The van der Waals surface area contributed by atoms with Crippen LogP contribution in [0.1, 0.15) is 18.5 Å². The normalized spacial score (nSPS) is 15.2. The van der Waals surface area contributed by atoms with Crippen LogP contribution in [0.15, 0.2) is 58.2 Å². The molecule has 1 amide bonds. The third-order valence-electron chi connectivity index (χ3n) is 4.80. The predicted octanol–water partition coefficient (Wildman–Crippen LogP) is 3.97. The fourth-order valence-electron chi connectivity index (χ4n) is 3.47. The number of aromatic nitrogens is 4. The minimum Gasteiger partial charge on any atom is -0.495 e. The first-order valence-electron chi connectivity index (χ1n) is 9.33. The zero-order chi connectivity index (χ0) is 22.8. The van der Waals surface area contributed by atoms with Gasteiger partial charge in [0.2, 0.25) is 5.95 Å². The molecule has 3 aromatic rings. The molecule has 12 heteroatoms. The van der Waals surface area contributed by atoms with Crippen molar-refractivity contribution in [1.82, 2.24) is 20.2 Å². The molecular weight excluding hydrogens is 490 g/mol. The van der Waals surface area contributed by atoms with E-state index in [1.165, 1.54) is 17.9 Å². The summed E-state index contributed by atoms with van der Waals surface area (Å²) in [5, 5.41) is 17.3. The maximum Gasteiger partial charge on any atom is 0.387 e. The van der Waals surface area contributed by atoms with E-state index in [2.05, 4.69) is 42.1 Å². The van der Waals surface area contributed by atoms with Crippen molar-refractivity contribution in [3.05, 3.63) is 63.8 Å². The molecule has 4 rings (SSSR count). The lowest BCUT2D eigenvalue weighted by molar-refractivity contribution is -0.113. The first-order chi connectivity index (χ1) is 15.4. The summed E-state index contributed by atoms with van der Waals surface area (Å²) in [7, 11) is 1.49. The van der Waals surface area contributed by atoms with Crippen LogP contribution in [0.2, 0.25) is 0 Å². The number of hydrogen-bond donors (Lipinski definition) is 2. The van der Waals surface area contributed by atoms with Gasteiger partial charge in [-0.3, -0.25) is 4.79 Å². The first kappa shape index (κ1) is 21.7. The molecule has 2 heterocycles. The van der Waals surface area contributed by atoms with Crippen molar-refractivity contribution in [2.45, 2.75) is 19.6 Å². The van der Waals surface area contributed by atoms with Crippen LogP contribution < -0.4 is 20.1 Å². The van der Waals surface area contributed by atoms with Gasteiger partial charge in [0.1, 0.15) is 17.5 Å². The molecule has 0 saturated carbocycles. The summed E-state index contributed by atoms with van der Waals surface area (Å²) in [6.07, 6.45) is 0. The smallest absolute Gasteiger partial charge is 0.387 e. The average molecular weight is 507 g/mol. The number of halogens is 3. The number of carbonyl (C=O) groups is 1. The van der Waals surface area contributed by atoms with Gasteiger partial charge >= 0.3 is 6.61 Å². The van der Waals surface area contributed by atoms with Gasteiger partial charge in [-0.2, -0.15) is 13.5 Å². The molecule has 0 aliphatic carbocycles. The summed E-state index contributed by atoms with van der Waals surface area (Å²) in [5.74, 6) is 0.122. The van der Waals surface area contributed by atoms with Crippen molar-refractivity contribution < 1.29 is 23.0 Å². The van der Waals surface area contributed by atoms with E-state index in [0.29, 0.717) is 21.6 Å². The summed E-state index contributed by atoms with van der Waals surface area (Å²) < 4.78 is 38.2. The van der Waals surface area contributed by atoms with Gasteiger partial charge in [-0.15, -0.1) is 0 Å². The van der Waals surface area contributed by atoms with Crippen molar-refractivity contribution in [2.24, 2.45) is 0 Å². The van der Waals surface area contributed by atoms with Crippen molar-refractivity contribution >= 4 is 33.5 Å². The number of allylic oxidation sites excluding steroid dienone is 1. The third-order valence-corrected chi connectivity index (χ3v) is 5.29. The van der Waals surface area contributed by atoms with Gasteiger partial charge in [-0.05, 0) is 47.7 Å². The van der Waals surface area contributed by atoms with Gasteiger partial charge in [-0.25, -0.2) is 0 Å². The number of hydrogen-bond acceptors (Lipinski definition) is 7. The first-order valence-corrected chi connectivity index (χ1v) is 10.1. The second-order valence-corrected chi connectivity index (χ2v) is 7.64. The molecule has 0 unspecified atom stereocenters. The number of ether oxygens (including phenoxy) is 2. The zero-order valence-corrected chi connectivity index (χ0v) is 18.4. The van der Waals surface area contributed by atoms with Crippen LogP contribution in [-0.4, -0.2) is 39.8 Å². The topological polar surface area (TPSA) is 103 Å². The number of fused-ring (bicyclic) bond motifs is 1. The Labute approximate surface area is 189 Å². The molecule has 0 fully saturated rings. The molecule has 166 valence electrons. The quantitative estimate of drug-likeness (QED) is 0.521. The maximum absolute atomic E-state index is 13.4. The lowest BCUT2D eigenvalue weighted by Gasteiger charge is -2.29. The third kappa shape index (κ3) is 4.13. The highest BCUT2D eigenvalue weighted by molar-refractivity contribution is 9.10. The Hall–Kier alpha value is -3.54. The summed E-state index contributed by atoms with van der Waals surface area (Å²) in [6, 6.07) is 10.5. The fourth-order valence-corrected chi connectivity index (χ4v) is 3.85. The maximum atomic E-state index is 13.4. The molecule has 1 atom stereocenters. The fraction of sp³-hybridized carbons (Fsp3) is 0.200. The van der Waals surface area contributed by atoms with E-state index < -0.39 is 18.6 Å². The molecule has 0 saturated heterocycles. The van der Waals surface area contributed by atoms with E-state index in [9.17, 15) is 13.6 Å². The van der Waals surface area contributed by atoms with Crippen LogP contribution >= 0.6 is 15.9 Å². The number of methoxy groups -OCH3 is 1. The summed E-state index contributed by atoms with van der Waals surface area (Å²) in [6.45, 7) is -1.38. The minimum atomic E-state index is -3.05. The van der Waals surface area contributed by atoms with E-state index in [0.717, 1.165) is 0 Å². The molecule has 1 aliphatic rings. The highest BCUT2D eigenvalue weighted by Gasteiger charge is 2.36. The van der Waals surface area contributed by atoms with Crippen molar-refractivity contribution in [3.63, 3.8) is 0 Å². The highest BCUT2D eigenvalue weighted by Crippen LogP contribution is 2.40. The van der Waals surface area contributed by atoms with Crippen LogP contribution in [0, 0.1) is 0 Å². The number of nitrogens with zero attached hydrogens (tertiary/aromatic N) is 4. The van der Waals surface area contributed by atoms with Gasteiger partial charge in [0.15, 0.2) is 0 Å². The van der Waals surface area contributed by atoms with Crippen molar-refractivity contribution in [1.29, 1.82) is 0 Å². The summed E-state index contributed by atoms with van der Waals surface area (Å²) in [5.41, 5.74) is 1.39. The van der Waals surface area contributed by atoms with Crippen LogP contribution in [-0.2, 0) is 4.79 Å². The highest BCUT2D eigenvalue weighted by atomic mass is 79.9. The summed E-state index contributed by atoms with van der Waals surface area (Å²) >= 11 is 3.35. The molecule has 0 radical (unpaired) electrons. The lowest BCUT2D eigenvalue weighted by atomic mass is 9.94. The molecule has 0 bridgehead atoms. The number of carbonyl (C=O) groups excluding carboxylic acids is 1. The molecule has 0 spiro atoms. The second kappa shape index (κ2) is 8.91. The van der Waals surface area contributed by atoms with Crippen LogP contribution in [0.4, 0.5) is 20.4 Å². The predicted molar refractivity (Wildman–Crippen MR) is 115 cm³/mol. The zero-order valence-electron chi connectivity index (χ0n) is 16.8. The van der Waals surface area contributed by atoms with Gasteiger partial charge in [-0.1, -0.05) is 33.2 Å². The molecule has 9 nitrogen and oxygen atoms in total. The monoisotopic (exact) mass is 506 g/mol. The van der Waals surface area contributed by atoms with Gasteiger partial charge in [0.05, 0.1) is 18.4 Å².